The van der Waals surface area contributed by atoms with Crippen LogP contribution >= 0.6 is 0 Å². The molecule has 2 aromatic carbocycles. The molecule has 0 aliphatic carbocycles. The van der Waals surface area contributed by atoms with Crippen LogP contribution in [0, 0.1) is 0 Å². The van der Waals surface area contributed by atoms with Crippen molar-refractivity contribution in [2.45, 2.75) is 30.8 Å². The molecule has 1 fully saturated rings. The van der Waals surface area contributed by atoms with E-state index in [1.165, 1.54) is 29.6 Å². The van der Waals surface area contributed by atoms with Crippen LogP contribution < -0.4 is 18.5 Å². The molecule has 0 saturated carbocycles. The number of anilines is 1. The Morgan fingerprint density at radius 3 is 2.52 bits per heavy atom. The van der Waals surface area contributed by atoms with Crippen molar-refractivity contribution in [1.29, 1.82) is 0 Å². The number of hydrogen-bond acceptors (Lipinski definition) is 6. The quantitative estimate of drug-likeness (QED) is 0.678. The minimum absolute atomic E-state index is 0.0561. The number of likely N-dealkylation sites (tertiary alicyclic amines) is 1. The molecule has 2 aliphatic heterocycles. The molecule has 166 valence electrons. The van der Waals surface area contributed by atoms with Crippen molar-refractivity contribution in [1.82, 2.24) is 4.90 Å². The summed E-state index contributed by atoms with van der Waals surface area (Å²) < 4.78 is 44.4. The van der Waals surface area contributed by atoms with E-state index >= 15 is 0 Å². The Balaban J connectivity index is 1.51. The monoisotopic (exact) mass is 446 g/mol. The Morgan fingerprint density at radius 2 is 1.84 bits per heavy atom. The van der Waals surface area contributed by atoms with Crippen LogP contribution in [0.25, 0.3) is 0 Å². The van der Waals surface area contributed by atoms with Crippen LogP contribution in [0.3, 0.4) is 0 Å². The van der Waals surface area contributed by atoms with Crippen LogP contribution in [0.1, 0.15) is 19.8 Å². The lowest BCUT2D eigenvalue weighted by molar-refractivity contribution is -0.140. The standard InChI is InChI=1S/C22H26N2O6S/c1-3-28-17-8-6-16(7-9-17)23(2)31(26,27)18-10-11-19-20(14-18)29-15-21(30-19)22(25)24-12-4-5-13-24/h6-11,14,21H,3-5,12-13,15H2,1-2H3. The highest BCUT2D eigenvalue weighted by Gasteiger charge is 2.33. The largest absolute Gasteiger partial charge is 0.494 e. The lowest BCUT2D eigenvalue weighted by atomic mass is 10.2. The number of carbonyl (C=O) groups excluding carboxylic acids is 1. The van der Waals surface area contributed by atoms with Gasteiger partial charge in [0.15, 0.2) is 11.5 Å². The van der Waals surface area contributed by atoms with E-state index in [0.29, 0.717) is 29.5 Å². The third-order valence-corrected chi connectivity index (χ3v) is 7.22. The van der Waals surface area contributed by atoms with E-state index in [1.54, 1.807) is 29.2 Å². The number of ether oxygens (including phenoxy) is 3. The molecule has 2 aliphatic rings. The number of nitrogens with zero attached hydrogens (tertiary/aromatic N) is 2. The zero-order valence-corrected chi connectivity index (χ0v) is 18.4. The first-order valence-electron chi connectivity index (χ1n) is 10.3. The molecular formula is C22H26N2O6S. The number of benzene rings is 2. The summed E-state index contributed by atoms with van der Waals surface area (Å²) in [5, 5.41) is 0. The highest BCUT2D eigenvalue weighted by atomic mass is 32.2. The first-order chi connectivity index (χ1) is 14.9. The minimum atomic E-state index is -3.81. The zero-order valence-electron chi connectivity index (χ0n) is 17.6. The maximum Gasteiger partial charge on any atom is 0.267 e. The average Bonchev–Trinajstić information content (AvgIpc) is 3.33. The molecule has 0 bridgehead atoms. The SMILES string of the molecule is CCOc1ccc(N(C)S(=O)(=O)c2ccc3c(c2)OCC(C(=O)N2CCCC2)O3)cc1. The Hall–Kier alpha value is -2.94. The molecule has 0 spiro atoms. The third kappa shape index (κ3) is 4.27. The highest BCUT2D eigenvalue weighted by molar-refractivity contribution is 7.92. The molecule has 31 heavy (non-hydrogen) atoms. The van der Waals surface area contributed by atoms with Gasteiger partial charge in [0, 0.05) is 26.2 Å². The van der Waals surface area contributed by atoms with E-state index in [4.69, 9.17) is 14.2 Å². The first kappa shape index (κ1) is 21.3. The van der Waals surface area contributed by atoms with Gasteiger partial charge in [0.2, 0.25) is 6.10 Å². The summed E-state index contributed by atoms with van der Waals surface area (Å²) in [6, 6.07) is 11.3. The van der Waals surface area contributed by atoms with Gasteiger partial charge in [-0.3, -0.25) is 9.10 Å². The molecule has 2 aromatic rings. The number of hydrogen-bond donors (Lipinski definition) is 0. The summed E-state index contributed by atoms with van der Waals surface area (Å²) >= 11 is 0. The van der Waals surface area contributed by atoms with E-state index in [2.05, 4.69) is 0 Å². The normalized spacial score (nSPS) is 18.0. The zero-order chi connectivity index (χ0) is 22.0. The Labute approximate surface area is 182 Å². The number of fused-ring (bicyclic) bond motifs is 1. The van der Waals surface area contributed by atoms with Gasteiger partial charge in [-0.05, 0) is 56.2 Å². The molecule has 2 heterocycles. The molecular weight excluding hydrogens is 420 g/mol. The smallest absolute Gasteiger partial charge is 0.267 e. The molecule has 1 saturated heterocycles. The van der Waals surface area contributed by atoms with Gasteiger partial charge < -0.3 is 19.1 Å². The van der Waals surface area contributed by atoms with Crippen LogP contribution in [-0.2, 0) is 14.8 Å². The van der Waals surface area contributed by atoms with Gasteiger partial charge in [-0.2, -0.15) is 0 Å². The maximum absolute atomic E-state index is 13.1. The van der Waals surface area contributed by atoms with Crippen LogP contribution in [0.15, 0.2) is 47.4 Å². The van der Waals surface area contributed by atoms with Gasteiger partial charge in [0.25, 0.3) is 15.9 Å². The van der Waals surface area contributed by atoms with Gasteiger partial charge in [-0.25, -0.2) is 8.42 Å². The van der Waals surface area contributed by atoms with Crippen molar-refractivity contribution in [3.05, 3.63) is 42.5 Å². The molecule has 1 amide bonds. The van der Waals surface area contributed by atoms with E-state index < -0.39 is 16.1 Å². The van der Waals surface area contributed by atoms with E-state index in [0.717, 1.165) is 25.9 Å². The summed E-state index contributed by atoms with van der Waals surface area (Å²) in [5.41, 5.74) is 0.509. The topological polar surface area (TPSA) is 85.4 Å². The lowest BCUT2D eigenvalue weighted by Crippen LogP contribution is -2.45. The van der Waals surface area contributed by atoms with Crippen LogP contribution in [0.5, 0.6) is 17.2 Å². The van der Waals surface area contributed by atoms with Gasteiger partial charge in [0.05, 0.1) is 17.2 Å². The Morgan fingerprint density at radius 1 is 1.13 bits per heavy atom. The van der Waals surface area contributed by atoms with Crippen molar-refractivity contribution >= 4 is 21.6 Å². The Bertz CT molecular complexity index is 1050. The fraction of sp³-hybridized carbons (Fsp3) is 0.409. The molecule has 1 unspecified atom stereocenters. The predicted molar refractivity (Wildman–Crippen MR) is 115 cm³/mol. The van der Waals surface area contributed by atoms with Crippen LogP contribution in [0.2, 0.25) is 0 Å². The van der Waals surface area contributed by atoms with Gasteiger partial charge in [0.1, 0.15) is 12.4 Å². The number of sulfonamides is 1. The Kier molecular flexibility index (Phi) is 5.95. The predicted octanol–water partition coefficient (Wildman–Crippen LogP) is 2.67. The molecule has 1 atom stereocenters. The van der Waals surface area contributed by atoms with E-state index in [1.807, 2.05) is 6.92 Å². The van der Waals surface area contributed by atoms with E-state index in [-0.39, 0.29) is 17.4 Å². The van der Waals surface area contributed by atoms with Crippen LogP contribution in [-0.4, -0.2) is 58.7 Å². The second-order valence-electron chi connectivity index (χ2n) is 7.46. The van der Waals surface area contributed by atoms with Crippen LogP contribution in [0.4, 0.5) is 5.69 Å². The second-order valence-corrected chi connectivity index (χ2v) is 9.43. The molecule has 9 heteroatoms. The number of carbonyl (C=O) groups is 1. The summed E-state index contributed by atoms with van der Waals surface area (Å²) in [5.74, 6) is 1.27. The molecule has 0 N–H and O–H groups in total. The molecule has 0 aromatic heterocycles. The molecule has 8 nitrogen and oxygen atoms in total. The van der Waals surface area contributed by atoms with Crippen molar-refractivity contribution < 1.29 is 27.4 Å². The summed E-state index contributed by atoms with van der Waals surface area (Å²) in [4.78, 5) is 14.4. The van der Waals surface area contributed by atoms with Crippen molar-refractivity contribution in [3.8, 4) is 17.2 Å². The molecule has 4 rings (SSSR count). The summed E-state index contributed by atoms with van der Waals surface area (Å²) in [6.07, 6.45) is 1.29. The average molecular weight is 447 g/mol. The van der Waals surface area contributed by atoms with Gasteiger partial charge in [-0.1, -0.05) is 0 Å². The van der Waals surface area contributed by atoms with E-state index in [9.17, 15) is 13.2 Å². The number of amides is 1. The first-order valence-corrected chi connectivity index (χ1v) is 11.8. The van der Waals surface area contributed by atoms with Crippen molar-refractivity contribution in [3.63, 3.8) is 0 Å². The lowest BCUT2D eigenvalue weighted by Gasteiger charge is -2.29. The third-order valence-electron chi connectivity index (χ3n) is 5.44. The maximum atomic E-state index is 13.1. The summed E-state index contributed by atoms with van der Waals surface area (Å²) in [6.45, 7) is 3.95. The fourth-order valence-electron chi connectivity index (χ4n) is 3.69. The molecule has 0 radical (unpaired) electrons. The fourth-order valence-corrected chi connectivity index (χ4v) is 4.90. The minimum Gasteiger partial charge on any atom is -0.494 e. The van der Waals surface area contributed by atoms with Crippen molar-refractivity contribution in [2.24, 2.45) is 0 Å². The van der Waals surface area contributed by atoms with Crippen molar-refractivity contribution in [2.75, 3.05) is 37.7 Å². The number of rotatable bonds is 6. The second kappa shape index (κ2) is 8.66. The summed E-state index contributed by atoms with van der Waals surface area (Å²) in [7, 11) is -2.32. The van der Waals surface area contributed by atoms with Gasteiger partial charge in [-0.15, -0.1) is 0 Å². The highest BCUT2D eigenvalue weighted by Crippen LogP contribution is 2.36. The van der Waals surface area contributed by atoms with Gasteiger partial charge >= 0.3 is 0 Å².